The van der Waals surface area contributed by atoms with Gasteiger partial charge in [0.2, 0.25) is 0 Å². The van der Waals surface area contributed by atoms with Crippen molar-refractivity contribution in [3.8, 4) is 5.75 Å². The van der Waals surface area contributed by atoms with Crippen LogP contribution in [0.1, 0.15) is 0 Å². The van der Waals surface area contributed by atoms with E-state index in [0.717, 1.165) is 6.07 Å². The molecule has 0 aliphatic heterocycles. The van der Waals surface area contributed by atoms with E-state index in [9.17, 15) is 18.9 Å². The Morgan fingerprint density at radius 3 is 2.78 bits per heavy atom. The fourth-order valence-corrected chi connectivity index (χ4v) is 1.25. The van der Waals surface area contributed by atoms with E-state index >= 15 is 0 Å². The Kier molecular flexibility index (Phi) is 5.25. The minimum Gasteiger partial charge on any atom is -0.432 e. The van der Waals surface area contributed by atoms with Gasteiger partial charge in [-0.2, -0.15) is 8.78 Å². The lowest BCUT2D eigenvalue weighted by molar-refractivity contribution is -0.385. The molecule has 0 heterocycles. The molecule has 1 rings (SSSR count). The molecule has 0 radical (unpaired) electrons. The molecule has 0 saturated carbocycles. The van der Waals surface area contributed by atoms with Crippen LogP contribution in [0.5, 0.6) is 5.75 Å². The monoisotopic (exact) mass is 262 g/mol. The van der Waals surface area contributed by atoms with Gasteiger partial charge in [-0.3, -0.25) is 10.1 Å². The Morgan fingerprint density at radius 2 is 2.22 bits per heavy atom. The first-order chi connectivity index (χ1) is 8.54. The molecule has 0 aliphatic carbocycles. The zero-order chi connectivity index (χ0) is 13.5. The lowest BCUT2D eigenvalue weighted by atomic mass is 10.2. The summed E-state index contributed by atoms with van der Waals surface area (Å²) in [4.78, 5) is 9.85. The molecule has 0 aromatic heterocycles. The molecule has 0 amide bonds. The summed E-state index contributed by atoms with van der Waals surface area (Å²) in [6, 6.07) is 3.46. The number of hydrogen-bond acceptors (Lipinski definition) is 5. The third kappa shape index (κ3) is 4.13. The van der Waals surface area contributed by atoms with Gasteiger partial charge in [0.05, 0.1) is 23.3 Å². The van der Waals surface area contributed by atoms with Crippen LogP contribution in [0.15, 0.2) is 18.2 Å². The van der Waals surface area contributed by atoms with E-state index in [2.05, 4.69) is 10.1 Å². The SMILES string of the molecule is COCCNc1ccc([N+](=O)[O-])cc1OC(F)F. The number of ether oxygens (including phenoxy) is 2. The Balaban J connectivity index is 2.89. The highest BCUT2D eigenvalue weighted by Gasteiger charge is 2.15. The van der Waals surface area contributed by atoms with Crippen LogP contribution in [0.3, 0.4) is 0 Å². The van der Waals surface area contributed by atoms with Crippen molar-refractivity contribution in [3.63, 3.8) is 0 Å². The molecular formula is C10H12F2N2O4. The third-order valence-corrected chi connectivity index (χ3v) is 2.01. The molecule has 0 spiro atoms. The number of hydrogen-bond donors (Lipinski definition) is 1. The molecule has 0 bridgehead atoms. The second-order valence-corrected chi connectivity index (χ2v) is 3.24. The summed E-state index contributed by atoms with van der Waals surface area (Å²) in [5.41, 5.74) is -0.0686. The molecule has 18 heavy (non-hydrogen) atoms. The number of benzene rings is 1. The molecule has 1 N–H and O–H groups in total. The summed E-state index contributed by atoms with van der Waals surface area (Å²) in [5.74, 6) is -0.268. The second kappa shape index (κ2) is 6.70. The van der Waals surface area contributed by atoms with Crippen molar-refractivity contribution in [1.82, 2.24) is 0 Å². The predicted octanol–water partition coefficient (Wildman–Crippen LogP) is 2.25. The van der Waals surface area contributed by atoms with Crippen LogP contribution in [0.4, 0.5) is 20.2 Å². The van der Waals surface area contributed by atoms with Gasteiger partial charge in [-0.05, 0) is 6.07 Å². The number of methoxy groups -OCH3 is 1. The topological polar surface area (TPSA) is 73.6 Å². The van der Waals surface area contributed by atoms with Crippen LogP contribution in [-0.2, 0) is 4.74 Å². The number of non-ortho nitro benzene ring substituents is 1. The maximum absolute atomic E-state index is 12.2. The van der Waals surface area contributed by atoms with Gasteiger partial charge in [-0.15, -0.1) is 0 Å². The molecule has 100 valence electrons. The van der Waals surface area contributed by atoms with E-state index < -0.39 is 11.5 Å². The highest BCUT2D eigenvalue weighted by atomic mass is 19.3. The van der Waals surface area contributed by atoms with Crippen LogP contribution in [-0.4, -0.2) is 31.8 Å². The van der Waals surface area contributed by atoms with Crippen LogP contribution in [0.2, 0.25) is 0 Å². The molecule has 0 fully saturated rings. The molecular weight excluding hydrogens is 250 g/mol. The van der Waals surface area contributed by atoms with Gasteiger partial charge in [-0.25, -0.2) is 0 Å². The molecule has 1 aromatic rings. The molecule has 0 atom stereocenters. The van der Waals surface area contributed by atoms with Gasteiger partial charge in [0.25, 0.3) is 5.69 Å². The quantitative estimate of drug-likeness (QED) is 0.463. The zero-order valence-electron chi connectivity index (χ0n) is 9.56. The number of halogens is 2. The maximum Gasteiger partial charge on any atom is 0.387 e. The average molecular weight is 262 g/mol. The van der Waals surface area contributed by atoms with Gasteiger partial charge in [-0.1, -0.05) is 0 Å². The fraction of sp³-hybridized carbons (Fsp3) is 0.400. The smallest absolute Gasteiger partial charge is 0.387 e. The number of nitro groups is 1. The molecule has 0 saturated heterocycles. The Labute approximate surface area is 102 Å². The number of nitrogens with zero attached hydrogens (tertiary/aromatic N) is 1. The molecule has 0 aliphatic rings. The third-order valence-electron chi connectivity index (χ3n) is 2.01. The second-order valence-electron chi connectivity index (χ2n) is 3.24. The van der Waals surface area contributed by atoms with E-state index in [1.807, 2.05) is 0 Å². The summed E-state index contributed by atoms with van der Waals surface area (Å²) < 4.78 is 33.4. The minimum atomic E-state index is -3.05. The Hall–Kier alpha value is -1.96. The number of alkyl halides is 2. The Morgan fingerprint density at radius 1 is 1.50 bits per heavy atom. The summed E-state index contributed by atoms with van der Waals surface area (Å²) in [6.45, 7) is -2.31. The summed E-state index contributed by atoms with van der Waals surface area (Å²) in [7, 11) is 1.49. The Bertz CT molecular complexity index is 415. The standard InChI is InChI=1S/C10H12F2N2O4/c1-17-5-4-13-8-3-2-7(14(15)16)6-9(8)18-10(11)12/h2-3,6,10,13H,4-5H2,1H3. The molecule has 1 aromatic carbocycles. The summed E-state index contributed by atoms with van der Waals surface area (Å²) in [5, 5.41) is 13.3. The lowest BCUT2D eigenvalue weighted by Crippen LogP contribution is -2.10. The van der Waals surface area contributed by atoms with E-state index in [0.29, 0.717) is 13.2 Å². The van der Waals surface area contributed by atoms with Crippen molar-refractivity contribution in [2.45, 2.75) is 6.61 Å². The van der Waals surface area contributed by atoms with Crippen LogP contribution < -0.4 is 10.1 Å². The van der Waals surface area contributed by atoms with Gasteiger partial charge < -0.3 is 14.8 Å². The summed E-state index contributed by atoms with van der Waals surface area (Å²) >= 11 is 0. The predicted molar refractivity (Wildman–Crippen MR) is 60.1 cm³/mol. The van der Waals surface area contributed by atoms with E-state index in [1.54, 1.807) is 0 Å². The van der Waals surface area contributed by atoms with Crippen LogP contribution >= 0.6 is 0 Å². The van der Waals surface area contributed by atoms with Gasteiger partial charge in [0.1, 0.15) is 0 Å². The number of rotatable bonds is 7. The number of nitro benzene ring substituents is 1. The zero-order valence-corrected chi connectivity index (χ0v) is 9.56. The average Bonchev–Trinajstić information content (AvgIpc) is 2.30. The first kappa shape index (κ1) is 14.1. The van der Waals surface area contributed by atoms with Gasteiger partial charge in [0.15, 0.2) is 5.75 Å². The van der Waals surface area contributed by atoms with E-state index in [4.69, 9.17) is 4.74 Å². The van der Waals surface area contributed by atoms with Crippen LogP contribution in [0.25, 0.3) is 0 Å². The fourth-order valence-electron chi connectivity index (χ4n) is 1.25. The highest BCUT2D eigenvalue weighted by Crippen LogP contribution is 2.30. The van der Waals surface area contributed by atoms with Gasteiger partial charge in [0, 0.05) is 19.7 Å². The number of nitrogens with one attached hydrogen (secondary N) is 1. The van der Waals surface area contributed by atoms with Crippen molar-refractivity contribution in [2.75, 3.05) is 25.6 Å². The van der Waals surface area contributed by atoms with Crippen LogP contribution in [0, 0.1) is 10.1 Å². The van der Waals surface area contributed by atoms with Crippen molar-refractivity contribution in [3.05, 3.63) is 28.3 Å². The van der Waals surface area contributed by atoms with Crippen molar-refractivity contribution in [1.29, 1.82) is 0 Å². The molecule has 8 heteroatoms. The summed E-state index contributed by atoms with van der Waals surface area (Å²) in [6.07, 6.45) is 0. The minimum absolute atomic E-state index is 0.248. The first-order valence-electron chi connectivity index (χ1n) is 5.00. The van der Waals surface area contributed by atoms with Gasteiger partial charge >= 0.3 is 6.61 Å². The normalized spacial score (nSPS) is 10.4. The lowest BCUT2D eigenvalue weighted by Gasteiger charge is -2.12. The maximum atomic E-state index is 12.2. The largest absolute Gasteiger partial charge is 0.432 e. The van der Waals surface area contributed by atoms with Crippen molar-refractivity contribution >= 4 is 11.4 Å². The number of anilines is 1. The highest BCUT2D eigenvalue weighted by molar-refractivity contribution is 5.60. The van der Waals surface area contributed by atoms with Crippen molar-refractivity contribution in [2.24, 2.45) is 0 Å². The molecule has 0 unspecified atom stereocenters. The van der Waals surface area contributed by atoms with E-state index in [-0.39, 0.29) is 17.1 Å². The van der Waals surface area contributed by atoms with Crippen molar-refractivity contribution < 1.29 is 23.2 Å². The van der Waals surface area contributed by atoms with E-state index in [1.165, 1.54) is 19.2 Å². The first-order valence-corrected chi connectivity index (χ1v) is 5.00. The molecule has 6 nitrogen and oxygen atoms in total.